The van der Waals surface area contributed by atoms with Gasteiger partial charge in [-0.2, -0.15) is 0 Å². The van der Waals surface area contributed by atoms with Gasteiger partial charge in [0.1, 0.15) is 22.0 Å². The summed E-state index contributed by atoms with van der Waals surface area (Å²) in [5, 5.41) is 6.40. The molecule has 2 aromatic rings. The first-order valence-corrected chi connectivity index (χ1v) is 8.93. The molecule has 0 saturated heterocycles. The van der Waals surface area contributed by atoms with Crippen LogP contribution in [0.4, 0.5) is 5.82 Å². The van der Waals surface area contributed by atoms with Crippen LogP contribution in [0.25, 0.3) is 0 Å². The molecule has 24 heavy (non-hydrogen) atoms. The number of pyridine rings is 1. The molecule has 0 fully saturated rings. The molecule has 0 aromatic carbocycles. The molecule has 1 atom stereocenters. The van der Waals surface area contributed by atoms with Crippen LogP contribution in [-0.2, 0) is 15.8 Å². The van der Waals surface area contributed by atoms with Gasteiger partial charge < -0.3 is 10.1 Å². The highest BCUT2D eigenvalue weighted by molar-refractivity contribution is 7.09. The predicted molar refractivity (Wildman–Crippen MR) is 95.5 cm³/mol. The van der Waals surface area contributed by atoms with Crippen LogP contribution >= 0.6 is 11.3 Å². The Morgan fingerprint density at radius 3 is 2.67 bits per heavy atom. The van der Waals surface area contributed by atoms with E-state index in [2.05, 4.69) is 36.5 Å². The number of nitrogens with zero attached hydrogens (tertiary/aromatic N) is 2. The fourth-order valence-electron chi connectivity index (χ4n) is 2.72. The Kier molecular flexibility index (Phi) is 3.91. The van der Waals surface area contributed by atoms with Crippen molar-refractivity contribution in [3.8, 4) is 0 Å². The van der Waals surface area contributed by atoms with Gasteiger partial charge in [0.15, 0.2) is 0 Å². The number of carbonyl (C=O) groups excluding carboxylic acids is 1. The van der Waals surface area contributed by atoms with E-state index >= 15 is 0 Å². The monoisotopic (exact) mass is 345 g/mol. The molecule has 6 heteroatoms. The molecule has 1 aliphatic rings. The van der Waals surface area contributed by atoms with Gasteiger partial charge in [-0.25, -0.2) is 14.8 Å². The summed E-state index contributed by atoms with van der Waals surface area (Å²) in [4.78, 5) is 21.3. The van der Waals surface area contributed by atoms with Crippen LogP contribution in [0.1, 0.15) is 74.2 Å². The first-order valence-electron chi connectivity index (χ1n) is 8.05. The van der Waals surface area contributed by atoms with E-state index < -0.39 is 5.60 Å². The van der Waals surface area contributed by atoms with Crippen molar-refractivity contribution in [3.05, 3.63) is 39.5 Å². The van der Waals surface area contributed by atoms with Gasteiger partial charge in [0, 0.05) is 22.6 Å². The molecule has 0 bridgehead atoms. The number of hydrogen-bond donors (Lipinski definition) is 1. The highest BCUT2D eigenvalue weighted by atomic mass is 32.1. The highest BCUT2D eigenvalue weighted by Crippen LogP contribution is 2.39. The van der Waals surface area contributed by atoms with E-state index in [4.69, 9.17) is 9.72 Å². The second kappa shape index (κ2) is 5.55. The van der Waals surface area contributed by atoms with E-state index in [0.717, 1.165) is 16.3 Å². The Morgan fingerprint density at radius 2 is 2.04 bits per heavy atom. The number of hydrogen-bond acceptors (Lipinski definition) is 6. The summed E-state index contributed by atoms with van der Waals surface area (Å²) in [7, 11) is 0. The Bertz CT molecular complexity index is 790. The molecule has 0 aliphatic carbocycles. The summed E-state index contributed by atoms with van der Waals surface area (Å²) in [5.41, 5.74) is 1.88. The third-order valence-corrected chi connectivity index (χ3v) is 5.19. The second-order valence-corrected chi connectivity index (χ2v) is 8.56. The zero-order valence-electron chi connectivity index (χ0n) is 14.9. The Morgan fingerprint density at radius 1 is 1.33 bits per heavy atom. The number of ether oxygens (including phenoxy) is 1. The van der Waals surface area contributed by atoms with Crippen molar-refractivity contribution in [2.75, 3.05) is 5.32 Å². The predicted octanol–water partition coefficient (Wildman–Crippen LogP) is 4.41. The third-order valence-electron chi connectivity index (χ3n) is 4.17. The molecule has 2 aromatic heterocycles. The molecule has 128 valence electrons. The van der Waals surface area contributed by atoms with Crippen molar-refractivity contribution in [1.29, 1.82) is 0 Å². The zero-order valence-corrected chi connectivity index (χ0v) is 15.7. The fraction of sp³-hybridized carbons (Fsp3) is 0.500. The number of aromatic nitrogens is 2. The van der Waals surface area contributed by atoms with E-state index in [9.17, 15) is 4.79 Å². The highest BCUT2D eigenvalue weighted by Gasteiger charge is 2.40. The lowest BCUT2D eigenvalue weighted by Crippen LogP contribution is -2.16. The minimum Gasteiger partial charge on any atom is -0.451 e. The minimum atomic E-state index is -0.615. The Balaban J connectivity index is 1.89. The second-order valence-electron chi connectivity index (χ2n) is 7.67. The number of thiazole rings is 1. The fourth-order valence-corrected chi connectivity index (χ4v) is 3.77. The molecular weight excluding hydrogens is 322 g/mol. The van der Waals surface area contributed by atoms with Crippen molar-refractivity contribution >= 4 is 23.1 Å². The average molecular weight is 345 g/mol. The van der Waals surface area contributed by atoms with E-state index in [0.29, 0.717) is 11.4 Å². The van der Waals surface area contributed by atoms with Crippen molar-refractivity contribution in [3.63, 3.8) is 0 Å². The normalized spacial score (nSPS) is 17.3. The van der Waals surface area contributed by atoms with Gasteiger partial charge in [0.25, 0.3) is 0 Å². The van der Waals surface area contributed by atoms with E-state index in [-0.39, 0.29) is 17.4 Å². The number of anilines is 1. The largest absolute Gasteiger partial charge is 0.451 e. The van der Waals surface area contributed by atoms with E-state index in [1.807, 2.05) is 26.8 Å². The van der Waals surface area contributed by atoms with Crippen molar-refractivity contribution in [2.45, 2.75) is 58.6 Å². The maximum atomic E-state index is 12.2. The van der Waals surface area contributed by atoms with Crippen LogP contribution in [0.2, 0.25) is 0 Å². The number of esters is 1. The summed E-state index contributed by atoms with van der Waals surface area (Å²) < 4.78 is 5.46. The lowest BCUT2D eigenvalue weighted by atomic mass is 9.93. The van der Waals surface area contributed by atoms with Crippen molar-refractivity contribution in [1.82, 2.24) is 9.97 Å². The molecule has 5 nitrogen and oxygen atoms in total. The quantitative estimate of drug-likeness (QED) is 0.835. The molecule has 0 radical (unpaired) electrons. The molecule has 3 rings (SSSR count). The van der Waals surface area contributed by atoms with Gasteiger partial charge >= 0.3 is 5.97 Å². The summed E-state index contributed by atoms with van der Waals surface area (Å²) in [5.74, 6) is 0.232. The summed E-state index contributed by atoms with van der Waals surface area (Å²) in [6.45, 7) is 12.2. The number of nitrogens with one attached hydrogen (secondary N) is 1. The van der Waals surface area contributed by atoms with E-state index in [1.54, 1.807) is 17.5 Å². The zero-order chi connectivity index (χ0) is 17.7. The molecule has 1 aliphatic heterocycles. The summed E-state index contributed by atoms with van der Waals surface area (Å²) in [6.07, 6.45) is 1.71. The average Bonchev–Trinajstić information content (AvgIpc) is 3.03. The van der Waals surface area contributed by atoms with Gasteiger partial charge in [0.2, 0.25) is 0 Å². The van der Waals surface area contributed by atoms with Crippen molar-refractivity contribution in [2.24, 2.45) is 0 Å². The summed E-state index contributed by atoms with van der Waals surface area (Å²) in [6, 6.07) is 1.80. The van der Waals surface area contributed by atoms with E-state index in [1.165, 1.54) is 0 Å². The minimum absolute atomic E-state index is 0.0224. The van der Waals surface area contributed by atoms with Crippen LogP contribution < -0.4 is 5.32 Å². The van der Waals surface area contributed by atoms with Gasteiger partial charge in [-0.05, 0) is 26.8 Å². The molecule has 1 N–H and O–H groups in total. The van der Waals surface area contributed by atoms with Crippen LogP contribution in [0.5, 0.6) is 0 Å². The summed E-state index contributed by atoms with van der Waals surface area (Å²) >= 11 is 1.62. The van der Waals surface area contributed by atoms with Gasteiger partial charge in [-0.1, -0.05) is 20.8 Å². The lowest BCUT2D eigenvalue weighted by molar-refractivity contribution is 0.00958. The topological polar surface area (TPSA) is 64.1 Å². The van der Waals surface area contributed by atoms with Gasteiger partial charge in [-0.3, -0.25) is 0 Å². The molecule has 0 spiro atoms. The number of carbonyl (C=O) groups is 1. The third kappa shape index (κ3) is 2.90. The van der Waals surface area contributed by atoms with Crippen molar-refractivity contribution < 1.29 is 9.53 Å². The SMILES string of the molecule is CC(Nc1nccc2c1C(=O)OC2(C)C)c1nc(C(C)(C)C)cs1. The molecule has 3 heterocycles. The number of fused-ring (bicyclic) bond motifs is 1. The maximum absolute atomic E-state index is 12.2. The van der Waals surface area contributed by atoms with Crippen LogP contribution in [0, 0.1) is 0 Å². The molecular formula is C18H23N3O2S. The number of cyclic esters (lactones) is 1. The molecule has 0 saturated carbocycles. The van der Waals surface area contributed by atoms with Crippen LogP contribution in [-0.4, -0.2) is 15.9 Å². The van der Waals surface area contributed by atoms with Crippen LogP contribution in [0.15, 0.2) is 17.6 Å². The molecule has 0 amide bonds. The van der Waals surface area contributed by atoms with Crippen LogP contribution in [0.3, 0.4) is 0 Å². The first-order chi connectivity index (χ1) is 11.1. The maximum Gasteiger partial charge on any atom is 0.343 e. The first kappa shape index (κ1) is 16.9. The molecule has 1 unspecified atom stereocenters. The Hall–Kier alpha value is -1.95. The van der Waals surface area contributed by atoms with Gasteiger partial charge in [0.05, 0.1) is 11.7 Å². The standard InChI is InChI=1S/C18H23N3O2S/c1-10(15-21-12(9-24-15)17(2,3)4)20-14-13-11(7-8-19-14)18(5,6)23-16(13)22/h7-10H,1-6H3,(H,19,20). The lowest BCUT2D eigenvalue weighted by Gasteiger charge is -2.18. The Labute approximate surface area is 146 Å². The number of rotatable bonds is 3. The smallest absolute Gasteiger partial charge is 0.343 e. The van der Waals surface area contributed by atoms with Gasteiger partial charge in [-0.15, -0.1) is 11.3 Å².